The van der Waals surface area contributed by atoms with Crippen LogP contribution in [-0.4, -0.2) is 5.91 Å². The van der Waals surface area contributed by atoms with Crippen molar-refractivity contribution in [1.29, 1.82) is 0 Å². The molecule has 0 aromatic heterocycles. The molecule has 2 aromatic carbocycles. The summed E-state index contributed by atoms with van der Waals surface area (Å²) in [4.78, 5) is 11.9. The molecule has 0 aliphatic heterocycles. The Morgan fingerprint density at radius 3 is 2.61 bits per heavy atom. The monoisotopic (exact) mass is 307 g/mol. The van der Waals surface area contributed by atoms with Gasteiger partial charge in [0.25, 0.3) is 5.91 Å². The molecular weight excluding hydrogens is 297 g/mol. The number of halogens is 2. The lowest BCUT2D eigenvalue weighted by Crippen LogP contribution is -2.13. The summed E-state index contributed by atoms with van der Waals surface area (Å²) in [5.41, 5.74) is 1.73. The normalized spacial score (nSPS) is 10.2. The van der Waals surface area contributed by atoms with Crippen LogP contribution >= 0.6 is 15.9 Å². The summed E-state index contributed by atoms with van der Waals surface area (Å²) in [7, 11) is 0. The highest BCUT2D eigenvalue weighted by atomic mass is 79.9. The lowest BCUT2D eigenvalue weighted by Gasteiger charge is -2.07. The summed E-state index contributed by atoms with van der Waals surface area (Å²) in [5.74, 6) is -0.981. The molecule has 0 radical (unpaired) electrons. The highest BCUT2D eigenvalue weighted by Gasteiger charge is 2.11. The molecule has 0 aliphatic carbocycles. The molecule has 0 spiro atoms. The molecule has 0 saturated heterocycles. The van der Waals surface area contributed by atoms with E-state index in [-0.39, 0.29) is 5.56 Å². The molecule has 0 heterocycles. The van der Waals surface area contributed by atoms with E-state index in [4.69, 9.17) is 0 Å². The molecule has 4 heteroatoms. The summed E-state index contributed by atoms with van der Waals surface area (Å²) < 4.78 is 14.3. The molecule has 1 N–H and O–H groups in total. The molecule has 2 nitrogen and oxygen atoms in total. The Bertz CT molecular complexity index is 598. The van der Waals surface area contributed by atoms with E-state index >= 15 is 0 Å². The van der Waals surface area contributed by atoms with Crippen LogP contribution in [-0.2, 0) is 0 Å². The number of carbonyl (C=O) groups is 1. The number of carbonyl (C=O) groups excluding carboxylic acids is 1. The summed E-state index contributed by atoms with van der Waals surface area (Å²) >= 11 is 3.38. The van der Waals surface area contributed by atoms with Gasteiger partial charge < -0.3 is 5.32 Å². The van der Waals surface area contributed by atoms with E-state index in [2.05, 4.69) is 21.2 Å². The average Bonchev–Trinajstić information content (AvgIpc) is 2.34. The van der Waals surface area contributed by atoms with Crippen molar-refractivity contribution in [2.45, 2.75) is 6.92 Å². The van der Waals surface area contributed by atoms with Gasteiger partial charge in [0.15, 0.2) is 0 Å². The Hall–Kier alpha value is -1.68. The minimum atomic E-state index is -0.527. The van der Waals surface area contributed by atoms with Crippen LogP contribution in [0.3, 0.4) is 0 Å². The zero-order chi connectivity index (χ0) is 13.1. The van der Waals surface area contributed by atoms with E-state index in [1.165, 1.54) is 12.1 Å². The van der Waals surface area contributed by atoms with Gasteiger partial charge in [-0.05, 0) is 36.8 Å². The molecule has 0 unspecified atom stereocenters. The van der Waals surface area contributed by atoms with Crippen LogP contribution < -0.4 is 5.32 Å². The van der Waals surface area contributed by atoms with E-state index < -0.39 is 11.7 Å². The smallest absolute Gasteiger partial charge is 0.258 e. The minimum absolute atomic E-state index is 0.0363. The van der Waals surface area contributed by atoms with Crippen molar-refractivity contribution in [3.05, 3.63) is 63.9 Å². The number of amides is 1. The number of rotatable bonds is 2. The van der Waals surface area contributed by atoms with Gasteiger partial charge in [0.1, 0.15) is 5.82 Å². The first-order valence-corrected chi connectivity index (χ1v) is 6.19. The van der Waals surface area contributed by atoms with Crippen molar-refractivity contribution in [1.82, 2.24) is 0 Å². The van der Waals surface area contributed by atoms with Gasteiger partial charge in [-0.25, -0.2) is 4.39 Å². The highest BCUT2D eigenvalue weighted by Crippen LogP contribution is 2.21. The number of hydrogen-bond acceptors (Lipinski definition) is 1. The van der Waals surface area contributed by atoms with Gasteiger partial charge in [0, 0.05) is 10.2 Å². The molecule has 1 amide bonds. The van der Waals surface area contributed by atoms with Gasteiger partial charge in [-0.2, -0.15) is 0 Å². The predicted molar refractivity (Wildman–Crippen MR) is 73.2 cm³/mol. The first-order chi connectivity index (χ1) is 8.58. The summed E-state index contributed by atoms with van der Waals surface area (Å²) in [6.07, 6.45) is 0. The number of nitrogens with one attached hydrogen (secondary N) is 1. The van der Waals surface area contributed by atoms with E-state index in [1.807, 2.05) is 13.0 Å². The van der Waals surface area contributed by atoms with Crippen molar-refractivity contribution in [3.63, 3.8) is 0 Å². The van der Waals surface area contributed by atoms with E-state index in [9.17, 15) is 9.18 Å². The van der Waals surface area contributed by atoms with Crippen LogP contribution in [0, 0.1) is 12.7 Å². The predicted octanol–water partition coefficient (Wildman–Crippen LogP) is 4.15. The summed E-state index contributed by atoms with van der Waals surface area (Å²) in [6.45, 7) is 1.95. The molecule has 2 aromatic rings. The molecule has 0 saturated carbocycles. The van der Waals surface area contributed by atoms with Gasteiger partial charge in [-0.1, -0.05) is 34.1 Å². The maximum atomic E-state index is 13.4. The van der Waals surface area contributed by atoms with Gasteiger partial charge in [-0.3, -0.25) is 4.79 Å². The quantitative estimate of drug-likeness (QED) is 0.887. The molecule has 0 bridgehead atoms. The van der Waals surface area contributed by atoms with E-state index in [1.54, 1.807) is 24.3 Å². The second-order valence-corrected chi connectivity index (χ2v) is 4.75. The third-order valence-electron chi connectivity index (χ3n) is 2.55. The van der Waals surface area contributed by atoms with Crippen LogP contribution in [0.1, 0.15) is 15.9 Å². The fourth-order valence-corrected chi connectivity index (χ4v) is 1.89. The molecule has 0 atom stereocenters. The van der Waals surface area contributed by atoms with Crippen molar-refractivity contribution in [2.75, 3.05) is 5.32 Å². The molecule has 0 aliphatic rings. The van der Waals surface area contributed by atoms with Crippen LogP contribution in [0.4, 0.5) is 10.1 Å². The second kappa shape index (κ2) is 5.31. The van der Waals surface area contributed by atoms with E-state index in [0.29, 0.717) is 5.69 Å². The fourth-order valence-electron chi connectivity index (χ4n) is 1.51. The standard InChI is InChI=1S/C14H11BrFNO/c1-9-6-7-10(8-12(9)15)17-14(18)11-4-2-3-5-13(11)16/h2-8H,1H3,(H,17,18). The van der Waals surface area contributed by atoms with Gasteiger partial charge in [-0.15, -0.1) is 0 Å². The van der Waals surface area contributed by atoms with Crippen molar-refractivity contribution >= 4 is 27.5 Å². The van der Waals surface area contributed by atoms with Gasteiger partial charge >= 0.3 is 0 Å². The van der Waals surface area contributed by atoms with E-state index in [0.717, 1.165) is 10.0 Å². The second-order valence-electron chi connectivity index (χ2n) is 3.90. The molecule has 2 rings (SSSR count). The van der Waals surface area contributed by atoms with Crippen LogP contribution in [0.5, 0.6) is 0 Å². The Morgan fingerprint density at radius 2 is 1.94 bits per heavy atom. The molecule has 92 valence electrons. The number of aryl methyl sites for hydroxylation is 1. The Kier molecular flexibility index (Phi) is 3.77. The average molecular weight is 308 g/mol. The molecule has 18 heavy (non-hydrogen) atoms. The number of hydrogen-bond donors (Lipinski definition) is 1. The Morgan fingerprint density at radius 1 is 1.22 bits per heavy atom. The zero-order valence-corrected chi connectivity index (χ0v) is 11.3. The summed E-state index contributed by atoms with van der Waals surface area (Å²) in [5, 5.41) is 2.66. The maximum absolute atomic E-state index is 13.4. The van der Waals surface area contributed by atoms with Gasteiger partial charge in [0.05, 0.1) is 5.56 Å². The summed E-state index contributed by atoms with van der Waals surface area (Å²) in [6, 6.07) is 11.3. The topological polar surface area (TPSA) is 29.1 Å². The highest BCUT2D eigenvalue weighted by molar-refractivity contribution is 9.10. The van der Waals surface area contributed by atoms with Crippen molar-refractivity contribution < 1.29 is 9.18 Å². The Balaban J connectivity index is 2.22. The van der Waals surface area contributed by atoms with Gasteiger partial charge in [0.2, 0.25) is 0 Å². The zero-order valence-electron chi connectivity index (χ0n) is 9.71. The third kappa shape index (κ3) is 2.76. The maximum Gasteiger partial charge on any atom is 0.258 e. The molecular formula is C14H11BrFNO. The van der Waals surface area contributed by atoms with Crippen LogP contribution in [0.25, 0.3) is 0 Å². The van der Waals surface area contributed by atoms with Crippen LogP contribution in [0.2, 0.25) is 0 Å². The first-order valence-electron chi connectivity index (χ1n) is 5.40. The Labute approximate surface area is 113 Å². The first kappa shape index (κ1) is 12.8. The number of anilines is 1. The number of benzene rings is 2. The minimum Gasteiger partial charge on any atom is -0.322 e. The van der Waals surface area contributed by atoms with Crippen molar-refractivity contribution in [3.8, 4) is 0 Å². The lowest BCUT2D eigenvalue weighted by atomic mass is 10.2. The molecule has 0 fully saturated rings. The van der Waals surface area contributed by atoms with Crippen LogP contribution in [0.15, 0.2) is 46.9 Å². The third-order valence-corrected chi connectivity index (χ3v) is 3.40. The lowest BCUT2D eigenvalue weighted by molar-refractivity contribution is 0.102. The van der Waals surface area contributed by atoms with Crippen molar-refractivity contribution in [2.24, 2.45) is 0 Å². The SMILES string of the molecule is Cc1ccc(NC(=O)c2ccccc2F)cc1Br. The fraction of sp³-hybridized carbons (Fsp3) is 0.0714. The largest absolute Gasteiger partial charge is 0.322 e.